The molecule has 0 bridgehead atoms. The van der Waals surface area contributed by atoms with Crippen molar-refractivity contribution in [2.45, 2.75) is 4.90 Å². The summed E-state index contributed by atoms with van der Waals surface area (Å²) in [6.07, 6.45) is 5.10. The van der Waals surface area contributed by atoms with E-state index in [0.717, 1.165) is 11.2 Å². The van der Waals surface area contributed by atoms with Crippen LogP contribution in [-0.4, -0.2) is 63.9 Å². The van der Waals surface area contributed by atoms with Crippen LogP contribution in [0.15, 0.2) is 72.0 Å². The molecule has 0 atom stereocenters. The summed E-state index contributed by atoms with van der Waals surface area (Å²) in [4.78, 5) is 6.58. The number of hydrogen-bond acceptors (Lipinski definition) is 7. The molecule has 1 aliphatic heterocycles. The molecular formula is C20H19N7O2S. The van der Waals surface area contributed by atoms with Crippen molar-refractivity contribution in [3.8, 4) is 5.82 Å². The Hall–Kier alpha value is -3.37. The predicted molar refractivity (Wildman–Crippen MR) is 112 cm³/mol. The number of rotatable bonds is 4. The number of hydrogen-bond donors (Lipinski definition) is 0. The van der Waals surface area contributed by atoms with E-state index in [2.05, 4.69) is 20.3 Å². The molecule has 1 saturated heterocycles. The minimum absolute atomic E-state index is 0.248. The van der Waals surface area contributed by atoms with Crippen molar-refractivity contribution in [3.63, 3.8) is 0 Å². The molecule has 3 aromatic heterocycles. The second-order valence-corrected chi connectivity index (χ2v) is 8.83. The van der Waals surface area contributed by atoms with E-state index in [1.807, 2.05) is 35.2 Å². The molecule has 1 aliphatic rings. The molecule has 0 saturated carbocycles. The summed E-state index contributed by atoms with van der Waals surface area (Å²) in [6, 6.07) is 14.5. The monoisotopic (exact) mass is 421 g/mol. The topological polar surface area (TPSA) is 97.1 Å². The SMILES string of the molecule is O=S(=O)(c1cccc2cccnc12)N1CCN(c2ccc(-n3cccn3)nn2)CC1. The third-order valence-corrected chi connectivity index (χ3v) is 7.08. The molecule has 9 nitrogen and oxygen atoms in total. The van der Waals surface area contributed by atoms with Gasteiger partial charge in [-0.1, -0.05) is 18.2 Å². The molecule has 5 rings (SSSR count). The van der Waals surface area contributed by atoms with E-state index in [0.29, 0.717) is 37.5 Å². The summed E-state index contributed by atoms with van der Waals surface area (Å²) in [5, 5.41) is 13.4. The Balaban J connectivity index is 1.33. The zero-order valence-electron chi connectivity index (χ0n) is 16.0. The zero-order chi connectivity index (χ0) is 20.6. The van der Waals surface area contributed by atoms with Crippen LogP contribution in [0.4, 0.5) is 5.82 Å². The van der Waals surface area contributed by atoms with Crippen LogP contribution in [0.5, 0.6) is 0 Å². The Kier molecular flexibility index (Phi) is 4.64. The van der Waals surface area contributed by atoms with Gasteiger partial charge in [-0.05, 0) is 30.3 Å². The van der Waals surface area contributed by atoms with Gasteiger partial charge in [-0.3, -0.25) is 4.98 Å². The lowest BCUT2D eigenvalue weighted by molar-refractivity contribution is 0.384. The lowest BCUT2D eigenvalue weighted by Gasteiger charge is -2.34. The number of piperazine rings is 1. The molecular weight excluding hydrogens is 402 g/mol. The van der Waals surface area contributed by atoms with Gasteiger partial charge in [0, 0.05) is 50.2 Å². The van der Waals surface area contributed by atoms with Crippen LogP contribution in [0, 0.1) is 0 Å². The molecule has 0 N–H and O–H groups in total. The number of fused-ring (bicyclic) bond motifs is 1. The molecule has 4 heterocycles. The summed E-state index contributed by atoms with van der Waals surface area (Å²) in [5.41, 5.74) is 0.502. The highest BCUT2D eigenvalue weighted by Gasteiger charge is 2.30. The predicted octanol–water partition coefficient (Wildman–Crippen LogP) is 1.72. The maximum Gasteiger partial charge on any atom is 0.245 e. The van der Waals surface area contributed by atoms with E-state index in [4.69, 9.17) is 0 Å². The van der Waals surface area contributed by atoms with Crippen LogP contribution in [0.25, 0.3) is 16.7 Å². The van der Waals surface area contributed by atoms with E-state index >= 15 is 0 Å². The first-order chi connectivity index (χ1) is 14.6. The fourth-order valence-corrected chi connectivity index (χ4v) is 5.18. The third-order valence-electron chi connectivity index (χ3n) is 5.15. The number of anilines is 1. The lowest BCUT2D eigenvalue weighted by Crippen LogP contribution is -2.49. The molecule has 0 amide bonds. The fourth-order valence-electron chi connectivity index (χ4n) is 3.59. The average molecular weight is 421 g/mol. The van der Waals surface area contributed by atoms with Crippen LogP contribution >= 0.6 is 0 Å². The third kappa shape index (κ3) is 3.29. The molecule has 0 radical (unpaired) electrons. The van der Waals surface area contributed by atoms with Gasteiger partial charge in [0.25, 0.3) is 0 Å². The first kappa shape index (κ1) is 18.6. The quantitative estimate of drug-likeness (QED) is 0.495. The minimum Gasteiger partial charge on any atom is -0.352 e. The summed E-state index contributed by atoms with van der Waals surface area (Å²) in [7, 11) is -3.63. The summed E-state index contributed by atoms with van der Waals surface area (Å²) in [5.74, 6) is 1.35. The van der Waals surface area contributed by atoms with Crippen LogP contribution < -0.4 is 4.90 Å². The van der Waals surface area contributed by atoms with Crippen molar-refractivity contribution in [2.75, 3.05) is 31.1 Å². The maximum absolute atomic E-state index is 13.3. The number of benzene rings is 1. The fraction of sp³-hybridized carbons (Fsp3) is 0.200. The second-order valence-electron chi connectivity index (χ2n) is 6.92. The van der Waals surface area contributed by atoms with Crippen molar-refractivity contribution >= 4 is 26.7 Å². The summed E-state index contributed by atoms with van der Waals surface area (Å²) < 4.78 is 29.7. The van der Waals surface area contributed by atoms with Crippen molar-refractivity contribution in [1.29, 1.82) is 0 Å². The zero-order valence-corrected chi connectivity index (χ0v) is 16.9. The molecule has 30 heavy (non-hydrogen) atoms. The first-order valence-electron chi connectivity index (χ1n) is 9.55. The van der Waals surface area contributed by atoms with Crippen molar-refractivity contribution in [1.82, 2.24) is 29.3 Å². The molecule has 4 aromatic rings. The number of para-hydroxylation sites is 1. The standard InChI is InChI=1S/C20H19N7O2S/c28-30(29,17-6-1-4-16-5-2-9-21-20(16)17)26-14-12-25(13-15-26)18-7-8-19(24-23-18)27-11-3-10-22-27/h1-11H,12-15H2. The van der Waals surface area contributed by atoms with E-state index in [1.165, 1.54) is 4.31 Å². The molecule has 1 fully saturated rings. The molecule has 0 spiro atoms. The van der Waals surface area contributed by atoms with Crippen LogP contribution in [0.2, 0.25) is 0 Å². The average Bonchev–Trinajstić information content (AvgIpc) is 3.34. The molecule has 0 aliphatic carbocycles. The smallest absolute Gasteiger partial charge is 0.245 e. The van der Waals surface area contributed by atoms with Gasteiger partial charge in [-0.2, -0.15) is 9.40 Å². The highest BCUT2D eigenvalue weighted by Crippen LogP contribution is 2.25. The van der Waals surface area contributed by atoms with Crippen molar-refractivity contribution in [3.05, 3.63) is 67.1 Å². The van der Waals surface area contributed by atoms with Gasteiger partial charge in [-0.15, -0.1) is 10.2 Å². The highest BCUT2D eigenvalue weighted by atomic mass is 32.2. The second kappa shape index (κ2) is 7.47. The highest BCUT2D eigenvalue weighted by molar-refractivity contribution is 7.89. The van der Waals surface area contributed by atoms with Crippen LogP contribution in [0.1, 0.15) is 0 Å². The number of pyridine rings is 1. The van der Waals surface area contributed by atoms with Gasteiger partial charge < -0.3 is 4.90 Å². The van der Waals surface area contributed by atoms with Gasteiger partial charge in [-0.25, -0.2) is 13.1 Å². The van der Waals surface area contributed by atoms with Gasteiger partial charge in [0.2, 0.25) is 10.0 Å². The lowest BCUT2D eigenvalue weighted by atomic mass is 10.2. The maximum atomic E-state index is 13.3. The van der Waals surface area contributed by atoms with Gasteiger partial charge >= 0.3 is 0 Å². The number of aromatic nitrogens is 5. The van der Waals surface area contributed by atoms with Crippen molar-refractivity contribution in [2.24, 2.45) is 0 Å². The Morgan fingerprint density at radius 1 is 0.800 bits per heavy atom. The Bertz CT molecular complexity index is 1260. The van der Waals surface area contributed by atoms with Crippen LogP contribution in [-0.2, 0) is 10.0 Å². The minimum atomic E-state index is -3.63. The Morgan fingerprint density at radius 3 is 2.30 bits per heavy atom. The van der Waals surface area contributed by atoms with Gasteiger partial charge in [0.15, 0.2) is 11.6 Å². The first-order valence-corrected chi connectivity index (χ1v) is 11.0. The summed E-state index contributed by atoms with van der Waals surface area (Å²) in [6.45, 7) is 1.81. The molecule has 152 valence electrons. The molecule has 0 unspecified atom stereocenters. The van der Waals surface area contributed by atoms with Crippen molar-refractivity contribution < 1.29 is 8.42 Å². The van der Waals surface area contributed by atoms with E-state index < -0.39 is 10.0 Å². The van der Waals surface area contributed by atoms with Crippen LogP contribution in [0.3, 0.4) is 0 Å². The van der Waals surface area contributed by atoms with Gasteiger partial charge in [0.05, 0.1) is 5.52 Å². The largest absolute Gasteiger partial charge is 0.352 e. The van der Waals surface area contributed by atoms with Gasteiger partial charge in [0.1, 0.15) is 4.90 Å². The normalized spacial score (nSPS) is 15.5. The Morgan fingerprint density at radius 2 is 1.57 bits per heavy atom. The van der Waals surface area contributed by atoms with E-state index in [9.17, 15) is 8.42 Å². The molecule has 1 aromatic carbocycles. The Labute approximate surface area is 173 Å². The summed E-state index contributed by atoms with van der Waals surface area (Å²) >= 11 is 0. The van der Waals surface area contributed by atoms with E-state index in [-0.39, 0.29) is 4.90 Å². The van der Waals surface area contributed by atoms with E-state index in [1.54, 1.807) is 41.5 Å². The number of nitrogens with zero attached hydrogens (tertiary/aromatic N) is 7. The molecule has 10 heteroatoms. The number of sulfonamides is 1.